The molecule has 106 valence electrons. The maximum atomic E-state index is 5.93. The van der Waals surface area contributed by atoms with Crippen molar-refractivity contribution in [3.05, 3.63) is 0 Å². The first-order chi connectivity index (χ1) is 8.62. The number of morpholine rings is 1. The number of hydrogen-bond acceptors (Lipinski definition) is 4. The lowest BCUT2D eigenvalue weighted by Gasteiger charge is -2.44. The Kier molecular flexibility index (Phi) is 5.01. The van der Waals surface area contributed by atoms with E-state index < -0.39 is 0 Å². The Bertz CT molecular complexity index is 251. The van der Waals surface area contributed by atoms with Crippen LogP contribution in [0.2, 0.25) is 0 Å². The normalized spacial score (nSPS) is 30.5. The van der Waals surface area contributed by atoms with E-state index in [4.69, 9.17) is 10.5 Å². The Morgan fingerprint density at radius 2 is 1.78 bits per heavy atom. The van der Waals surface area contributed by atoms with E-state index in [9.17, 15) is 0 Å². The highest BCUT2D eigenvalue weighted by Gasteiger charge is 2.34. The van der Waals surface area contributed by atoms with Gasteiger partial charge in [-0.2, -0.15) is 0 Å². The summed E-state index contributed by atoms with van der Waals surface area (Å²) in [6.45, 7) is 14.3. The smallest absolute Gasteiger partial charge is 0.0594 e. The van der Waals surface area contributed by atoms with Gasteiger partial charge in [-0.05, 0) is 30.8 Å². The lowest BCUT2D eigenvalue weighted by Crippen LogP contribution is -2.50. The van der Waals surface area contributed by atoms with Gasteiger partial charge in [0.25, 0.3) is 0 Å². The van der Waals surface area contributed by atoms with E-state index in [1.807, 2.05) is 0 Å². The highest BCUT2D eigenvalue weighted by atomic mass is 16.5. The van der Waals surface area contributed by atoms with Gasteiger partial charge < -0.3 is 15.4 Å². The maximum Gasteiger partial charge on any atom is 0.0594 e. The minimum Gasteiger partial charge on any atom is -0.379 e. The molecule has 4 heteroatoms. The molecule has 2 fully saturated rings. The lowest BCUT2D eigenvalue weighted by atomic mass is 9.73. The van der Waals surface area contributed by atoms with Gasteiger partial charge >= 0.3 is 0 Å². The molecule has 2 aliphatic heterocycles. The predicted octanol–water partition coefficient (Wildman–Crippen LogP) is 0.625. The van der Waals surface area contributed by atoms with Gasteiger partial charge in [0.1, 0.15) is 0 Å². The molecule has 4 nitrogen and oxygen atoms in total. The van der Waals surface area contributed by atoms with Crippen molar-refractivity contribution in [3.63, 3.8) is 0 Å². The standard InChI is InChI=1S/C14H29N3O/c1-14(2)3-4-17(12-13(14)11-15)6-5-16-7-9-18-10-8-16/h13H,3-12,15H2,1-2H3. The largest absolute Gasteiger partial charge is 0.379 e. The first-order valence-corrected chi connectivity index (χ1v) is 7.34. The zero-order valence-electron chi connectivity index (χ0n) is 12.0. The monoisotopic (exact) mass is 255 g/mol. The lowest BCUT2D eigenvalue weighted by molar-refractivity contribution is 0.0214. The molecule has 0 aromatic heterocycles. The van der Waals surface area contributed by atoms with E-state index in [-0.39, 0.29) is 0 Å². The fraction of sp³-hybridized carbons (Fsp3) is 1.00. The van der Waals surface area contributed by atoms with Gasteiger partial charge in [-0.15, -0.1) is 0 Å². The third-order valence-corrected chi connectivity index (χ3v) is 4.78. The fourth-order valence-electron chi connectivity index (χ4n) is 3.00. The number of piperidine rings is 1. The number of nitrogens with two attached hydrogens (primary N) is 1. The predicted molar refractivity (Wildman–Crippen MR) is 74.6 cm³/mol. The topological polar surface area (TPSA) is 41.7 Å². The molecule has 0 amide bonds. The van der Waals surface area contributed by atoms with Gasteiger partial charge in [0.2, 0.25) is 0 Å². The van der Waals surface area contributed by atoms with Gasteiger partial charge in [-0.1, -0.05) is 13.8 Å². The molecule has 2 heterocycles. The Morgan fingerprint density at radius 1 is 1.11 bits per heavy atom. The van der Waals surface area contributed by atoms with Crippen molar-refractivity contribution in [2.75, 3.05) is 59.0 Å². The second kappa shape index (κ2) is 6.33. The van der Waals surface area contributed by atoms with Crippen molar-refractivity contribution in [1.29, 1.82) is 0 Å². The second-order valence-corrected chi connectivity index (χ2v) is 6.43. The Balaban J connectivity index is 1.73. The first-order valence-electron chi connectivity index (χ1n) is 7.34. The molecule has 18 heavy (non-hydrogen) atoms. The van der Waals surface area contributed by atoms with Crippen LogP contribution in [0.25, 0.3) is 0 Å². The molecular weight excluding hydrogens is 226 g/mol. The molecule has 0 aromatic rings. The van der Waals surface area contributed by atoms with E-state index in [0.29, 0.717) is 11.3 Å². The fourth-order valence-corrected chi connectivity index (χ4v) is 3.00. The van der Waals surface area contributed by atoms with Crippen molar-refractivity contribution in [1.82, 2.24) is 9.80 Å². The zero-order valence-corrected chi connectivity index (χ0v) is 12.0. The number of ether oxygens (including phenoxy) is 1. The minimum absolute atomic E-state index is 0.421. The summed E-state index contributed by atoms with van der Waals surface area (Å²) in [6.07, 6.45) is 1.28. The molecule has 0 spiro atoms. The summed E-state index contributed by atoms with van der Waals surface area (Å²) in [4.78, 5) is 5.11. The van der Waals surface area contributed by atoms with Crippen LogP contribution < -0.4 is 5.73 Å². The summed E-state index contributed by atoms with van der Waals surface area (Å²) in [5.41, 5.74) is 6.35. The second-order valence-electron chi connectivity index (χ2n) is 6.43. The molecular formula is C14H29N3O. The average molecular weight is 255 g/mol. The minimum atomic E-state index is 0.421. The molecule has 0 radical (unpaired) electrons. The van der Waals surface area contributed by atoms with Crippen LogP contribution in [0.4, 0.5) is 0 Å². The summed E-state index contributed by atoms with van der Waals surface area (Å²) in [6, 6.07) is 0. The third kappa shape index (κ3) is 3.67. The van der Waals surface area contributed by atoms with E-state index in [0.717, 1.165) is 32.8 Å². The van der Waals surface area contributed by atoms with Crippen LogP contribution in [0.1, 0.15) is 20.3 Å². The van der Waals surface area contributed by atoms with Crippen molar-refractivity contribution >= 4 is 0 Å². The highest BCUT2D eigenvalue weighted by molar-refractivity contribution is 4.87. The van der Waals surface area contributed by atoms with Crippen LogP contribution in [-0.4, -0.2) is 68.8 Å². The van der Waals surface area contributed by atoms with Crippen molar-refractivity contribution < 1.29 is 4.74 Å². The zero-order chi connectivity index (χ0) is 13.0. The van der Waals surface area contributed by atoms with Crippen LogP contribution in [0, 0.1) is 11.3 Å². The maximum absolute atomic E-state index is 5.93. The molecule has 0 saturated carbocycles. The molecule has 2 aliphatic rings. The first kappa shape index (κ1) is 14.3. The van der Waals surface area contributed by atoms with Crippen LogP contribution in [0.3, 0.4) is 0 Å². The van der Waals surface area contributed by atoms with Gasteiger partial charge in [-0.25, -0.2) is 0 Å². The Hall–Kier alpha value is -0.160. The summed E-state index contributed by atoms with van der Waals surface area (Å²) in [7, 11) is 0. The highest BCUT2D eigenvalue weighted by Crippen LogP contribution is 2.34. The van der Waals surface area contributed by atoms with E-state index in [1.165, 1.54) is 32.6 Å². The molecule has 2 saturated heterocycles. The van der Waals surface area contributed by atoms with Crippen LogP contribution in [0.5, 0.6) is 0 Å². The van der Waals surface area contributed by atoms with E-state index >= 15 is 0 Å². The van der Waals surface area contributed by atoms with Gasteiger partial charge in [0, 0.05) is 32.7 Å². The van der Waals surface area contributed by atoms with Crippen LogP contribution in [-0.2, 0) is 4.74 Å². The number of hydrogen-bond donors (Lipinski definition) is 1. The summed E-state index contributed by atoms with van der Waals surface area (Å²) >= 11 is 0. The van der Waals surface area contributed by atoms with Crippen molar-refractivity contribution in [2.45, 2.75) is 20.3 Å². The number of rotatable bonds is 4. The molecule has 0 aromatic carbocycles. The summed E-state index contributed by atoms with van der Waals surface area (Å²) in [5.74, 6) is 0.649. The van der Waals surface area contributed by atoms with Gasteiger partial charge in [0.15, 0.2) is 0 Å². The molecule has 2 rings (SSSR count). The van der Waals surface area contributed by atoms with Crippen LogP contribution >= 0.6 is 0 Å². The molecule has 1 unspecified atom stereocenters. The summed E-state index contributed by atoms with van der Waals surface area (Å²) in [5, 5.41) is 0. The van der Waals surface area contributed by atoms with E-state index in [2.05, 4.69) is 23.6 Å². The Morgan fingerprint density at radius 3 is 2.44 bits per heavy atom. The number of nitrogens with zero attached hydrogens (tertiary/aromatic N) is 2. The average Bonchev–Trinajstić information content (AvgIpc) is 2.38. The molecule has 0 aliphatic carbocycles. The third-order valence-electron chi connectivity index (χ3n) is 4.78. The quantitative estimate of drug-likeness (QED) is 0.800. The molecule has 2 N–H and O–H groups in total. The van der Waals surface area contributed by atoms with Crippen molar-refractivity contribution in [3.8, 4) is 0 Å². The molecule has 1 atom stereocenters. The summed E-state index contributed by atoms with van der Waals surface area (Å²) < 4.78 is 5.38. The van der Waals surface area contributed by atoms with Crippen molar-refractivity contribution in [2.24, 2.45) is 17.1 Å². The van der Waals surface area contributed by atoms with Gasteiger partial charge in [-0.3, -0.25) is 4.90 Å². The molecule has 0 bridgehead atoms. The van der Waals surface area contributed by atoms with Crippen LogP contribution in [0.15, 0.2) is 0 Å². The van der Waals surface area contributed by atoms with Gasteiger partial charge in [0.05, 0.1) is 13.2 Å². The number of likely N-dealkylation sites (tertiary alicyclic amines) is 1. The van der Waals surface area contributed by atoms with E-state index in [1.54, 1.807) is 0 Å². The SMILES string of the molecule is CC1(C)CCN(CCN2CCOCC2)CC1CN. The Labute approximate surface area is 111 Å².